The van der Waals surface area contributed by atoms with Gasteiger partial charge in [-0.2, -0.15) is 5.26 Å². The molecule has 1 heterocycles. The standard InChI is InChI=1S/C13H19N3/c1-10(2)4-5-11(3)16-13-8-12(9-14)6-7-15-13/h6-8,10-11H,4-5H2,1-3H3,(H,15,16). The molecule has 1 unspecified atom stereocenters. The number of pyridine rings is 1. The zero-order valence-electron chi connectivity index (χ0n) is 10.2. The molecule has 0 saturated carbocycles. The summed E-state index contributed by atoms with van der Waals surface area (Å²) in [6.45, 7) is 6.59. The average Bonchev–Trinajstić information content (AvgIpc) is 2.26. The molecular weight excluding hydrogens is 198 g/mol. The predicted octanol–water partition coefficient (Wildman–Crippen LogP) is 3.19. The number of aromatic nitrogens is 1. The van der Waals surface area contributed by atoms with E-state index in [0.29, 0.717) is 11.6 Å². The van der Waals surface area contributed by atoms with E-state index in [1.165, 1.54) is 6.42 Å². The fraction of sp³-hybridized carbons (Fsp3) is 0.538. The molecule has 0 aliphatic carbocycles. The molecule has 1 aromatic heterocycles. The summed E-state index contributed by atoms with van der Waals surface area (Å²) in [6, 6.07) is 6.00. The highest BCUT2D eigenvalue weighted by Gasteiger charge is 2.04. The van der Waals surface area contributed by atoms with Crippen LogP contribution in [0.15, 0.2) is 18.3 Å². The van der Waals surface area contributed by atoms with Crippen LogP contribution < -0.4 is 5.32 Å². The molecule has 1 N–H and O–H groups in total. The van der Waals surface area contributed by atoms with Crippen LogP contribution in [0.4, 0.5) is 5.82 Å². The molecule has 0 saturated heterocycles. The third-order valence-electron chi connectivity index (χ3n) is 2.46. The lowest BCUT2D eigenvalue weighted by Gasteiger charge is -2.15. The van der Waals surface area contributed by atoms with Crippen molar-refractivity contribution in [2.75, 3.05) is 5.32 Å². The van der Waals surface area contributed by atoms with Crippen LogP contribution in [-0.2, 0) is 0 Å². The van der Waals surface area contributed by atoms with Crippen LogP contribution in [0, 0.1) is 17.2 Å². The summed E-state index contributed by atoms with van der Waals surface area (Å²) in [4.78, 5) is 4.19. The first kappa shape index (κ1) is 12.5. The molecule has 3 heteroatoms. The molecule has 0 aromatic carbocycles. The van der Waals surface area contributed by atoms with Crippen LogP contribution in [0.1, 0.15) is 39.2 Å². The minimum atomic E-state index is 0.392. The second kappa shape index (κ2) is 6.12. The first-order chi connectivity index (χ1) is 7.61. The third-order valence-corrected chi connectivity index (χ3v) is 2.46. The maximum atomic E-state index is 8.77. The Kier molecular flexibility index (Phi) is 4.78. The van der Waals surface area contributed by atoms with E-state index in [9.17, 15) is 0 Å². The van der Waals surface area contributed by atoms with Crippen LogP contribution in [0.2, 0.25) is 0 Å². The van der Waals surface area contributed by atoms with Gasteiger partial charge in [-0.25, -0.2) is 4.98 Å². The van der Waals surface area contributed by atoms with Crippen molar-refractivity contribution in [3.05, 3.63) is 23.9 Å². The first-order valence-electron chi connectivity index (χ1n) is 5.74. The molecule has 0 aliphatic heterocycles. The quantitative estimate of drug-likeness (QED) is 0.824. The van der Waals surface area contributed by atoms with Gasteiger partial charge in [-0.05, 0) is 37.8 Å². The number of nitrogens with zero attached hydrogens (tertiary/aromatic N) is 2. The molecule has 0 bridgehead atoms. The van der Waals surface area contributed by atoms with Gasteiger partial charge in [0.2, 0.25) is 0 Å². The van der Waals surface area contributed by atoms with Crippen LogP contribution in [0.5, 0.6) is 0 Å². The van der Waals surface area contributed by atoms with Crippen molar-refractivity contribution in [2.45, 2.75) is 39.7 Å². The zero-order valence-corrected chi connectivity index (χ0v) is 10.2. The van der Waals surface area contributed by atoms with Crippen LogP contribution >= 0.6 is 0 Å². The van der Waals surface area contributed by atoms with Crippen molar-refractivity contribution in [1.82, 2.24) is 4.98 Å². The summed E-state index contributed by atoms with van der Waals surface area (Å²) < 4.78 is 0. The predicted molar refractivity (Wildman–Crippen MR) is 66.1 cm³/mol. The van der Waals surface area contributed by atoms with Gasteiger partial charge in [0.15, 0.2) is 0 Å². The van der Waals surface area contributed by atoms with Gasteiger partial charge in [0, 0.05) is 12.2 Å². The fourth-order valence-electron chi connectivity index (χ4n) is 1.49. The van der Waals surface area contributed by atoms with Gasteiger partial charge in [-0.15, -0.1) is 0 Å². The van der Waals surface area contributed by atoms with E-state index >= 15 is 0 Å². The Morgan fingerprint density at radius 1 is 1.38 bits per heavy atom. The number of rotatable bonds is 5. The number of hydrogen-bond donors (Lipinski definition) is 1. The maximum Gasteiger partial charge on any atom is 0.127 e. The molecule has 0 radical (unpaired) electrons. The SMILES string of the molecule is CC(C)CCC(C)Nc1cc(C#N)ccn1. The molecule has 1 aromatic rings. The van der Waals surface area contributed by atoms with E-state index in [0.717, 1.165) is 18.2 Å². The average molecular weight is 217 g/mol. The normalized spacial score (nSPS) is 12.2. The summed E-state index contributed by atoms with van der Waals surface area (Å²) in [5.41, 5.74) is 0.647. The Morgan fingerprint density at radius 3 is 2.75 bits per heavy atom. The molecule has 1 rings (SSSR count). The van der Waals surface area contributed by atoms with Crippen LogP contribution in [0.25, 0.3) is 0 Å². The number of hydrogen-bond acceptors (Lipinski definition) is 3. The highest BCUT2D eigenvalue weighted by Crippen LogP contribution is 2.12. The number of nitriles is 1. The maximum absolute atomic E-state index is 8.77. The molecule has 0 spiro atoms. The minimum absolute atomic E-state index is 0.392. The van der Waals surface area contributed by atoms with E-state index in [-0.39, 0.29) is 0 Å². The summed E-state index contributed by atoms with van der Waals surface area (Å²) in [5.74, 6) is 1.51. The third kappa shape index (κ3) is 4.31. The van der Waals surface area contributed by atoms with Gasteiger partial charge in [-0.3, -0.25) is 0 Å². The Morgan fingerprint density at radius 2 is 2.12 bits per heavy atom. The van der Waals surface area contributed by atoms with Crippen molar-refractivity contribution in [2.24, 2.45) is 5.92 Å². The summed E-state index contributed by atoms with van der Waals surface area (Å²) in [5, 5.41) is 12.1. The number of nitrogens with one attached hydrogen (secondary N) is 1. The van der Waals surface area contributed by atoms with Gasteiger partial charge >= 0.3 is 0 Å². The molecular formula is C13H19N3. The van der Waals surface area contributed by atoms with E-state index in [2.05, 4.69) is 37.1 Å². The molecule has 0 amide bonds. The first-order valence-corrected chi connectivity index (χ1v) is 5.74. The van der Waals surface area contributed by atoms with Gasteiger partial charge in [0.05, 0.1) is 11.6 Å². The monoisotopic (exact) mass is 217 g/mol. The second-order valence-corrected chi connectivity index (χ2v) is 4.56. The lowest BCUT2D eigenvalue weighted by molar-refractivity contribution is 0.527. The highest BCUT2D eigenvalue weighted by molar-refractivity contribution is 5.42. The molecule has 0 fully saturated rings. The largest absolute Gasteiger partial charge is 0.368 e. The molecule has 3 nitrogen and oxygen atoms in total. The van der Waals surface area contributed by atoms with E-state index in [1.807, 2.05) is 0 Å². The zero-order chi connectivity index (χ0) is 12.0. The summed E-state index contributed by atoms with van der Waals surface area (Å²) in [7, 11) is 0. The van der Waals surface area contributed by atoms with Crippen molar-refractivity contribution in [3.8, 4) is 6.07 Å². The molecule has 0 aliphatic rings. The lowest BCUT2D eigenvalue weighted by Crippen LogP contribution is -2.16. The van der Waals surface area contributed by atoms with E-state index < -0.39 is 0 Å². The number of anilines is 1. The summed E-state index contributed by atoms with van der Waals surface area (Å²) >= 11 is 0. The summed E-state index contributed by atoms with van der Waals surface area (Å²) in [6.07, 6.45) is 3.98. The Hall–Kier alpha value is -1.56. The Balaban J connectivity index is 2.49. The molecule has 1 atom stereocenters. The van der Waals surface area contributed by atoms with Crippen LogP contribution in [-0.4, -0.2) is 11.0 Å². The van der Waals surface area contributed by atoms with Gasteiger partial charge in [0.1, 0.15) is 5.82 Å². The smallest absolute Gasteiger partial charge is 0.127 e. The van der Waals surface area contributed by atoms with Crippen LogP contribution in [0.3, 0.4) is 0 Å². The Bertz CT molecular complexity index is 366. The van der Waals surface area contributed by atoms with Crippen molar-refractivity contribution in [1.29, 1.82) is 5.26 Å². The lowest BCUT2D eigenvalue weighted by atomic mass is 10.0. The van der Waals surface area contributed by atoms with Crippen molar-refractivity contribution < 1.29 is 0 Å². The fourth-order valence-corrected chi connectivity index (χ4v) is 1.49. The van der Waals surface area contributed by atoms with Gasteiger partial charge in [0.25, 0.3) is 0 Å². The van der Waals surface area contributed by atoms with E-state index in [1.54, 1.807) is 18.3 Å². The van der Waals surface area contributed by atoms with Gasteiger partial charge in [-0.1, -0.05) is 13.8 Å². The topological polar surface area (TPSA) is 48.7 Å². The second-order valence-electron chi connectivity index (χ2n) is 4.56. The highest BCUT2D eigenvalue weighted by atomic mass is 15.0. The molecule has 16 heavy (non-hydrogen) atoms. The minimum Gasteiger partial charge on any atom is -0.368 e. The van der Waals surface area contributed by atoms with Crippen molar-refractivity contribution in [3.63, 3.8) is 0 Å². The molecule has 86 valence electrons. The van der Waals surface area contributed by atoms with Crippen molar-refractivity contribution >= 4 is 5.82 Å². The van der Waals surface area contributed by atoms with E-state index in [4.69, 9.17) is 5.26 Å². The Labute approximate surface area is 97.5 Å². The van der Waals surface area contributed by atoms with Gasteiger partial charge < -0.3 is 5.32 Å².